The normalized spacial score (nSPS) is 10.7. The number of carbonyl (C=O) groups is 2. The van der Waals surface area contributed by atoms with E-state index in [4.69, 9.17) is 9.47 Å². The van der Waals surface area contributed by atoms with Crippen LogP contribution in [0.3, 0.4) is 0 Å². The van der Waals surface area contributed by atoms with Crippen LogP contribution in [-0.2, 0) is 9.59 Å². The molecule has 0 saturated carbocycles. The number of aryl methyl sites for hydroxylation is 2. The van der Waals surface area contributed by atoms with Crippen LogP contribution in [0.5, 0.6) is 11.5 Å². The molecule has 7 nitrogen and oxygen atoms in total. The Kier molecular flexibility index (Phi) is 9.11. The van der Waals surface area contributed by atoms with Crippen LogP contribution in [0.15, 0.2) is 76.7 Å². The molecule has 3 aromatic carbocycles. The lowest BCUT2D eigenvalue weighted by Gasteiger charge is -2.09. The van der Waals surface area contributed by atoms with Crippen LogP contribution in [0.2, 0.25) is 0 Å². The number of rotatable bonds is 10. The van der Waals surface area contributed by atoms with E-state index in [-0.39, 0.29) is 24.2 Å². The first kappa shape index (κ1) is 24.9. The van der Waals surface area contributed by atoms with Gasteiger partial charge in [-0.05, 0) is 79.1 Å². The van der Waals surface area contributed by atoms with Gasteiger partial charge < -0.3 is 14.8 Å². The van der Waals surface area contributed by atoms with Crippen molar-refractivity contribution in [2.45, 2.75) is 18.7 Å². The Balaban J connectivity index is 1.43. The number of ether oxygens (including phenoxy) is 2. The number of benzene rings is 3. The highest BCUT2D eigenvalue weighted by Gasteiger charge is 2.06. The summed E-state index contributed by atoms with van der Waals surface area (Å²) in [5.41, 5.74) is 6.25. The van der Waals surface area contributed by atoms with E-state index >= 15 is 0 Å². The third kappa shape index (κ3) is 7.97. The monoisotopic (exact) mass is 477 g/mol. The maximum absolute atomic E-state index is 12.2. The van der Waals surface area contributed by atoms with Crippen molar-refractivity contribution in [3.05, 3.63) is 83.4 Å². The van der Waals surface area contributed by atoms with Crippen LogP contribution >= 0.6 is 11.8 Å². The van der Waals surface area contributed by atoms with Crippen molar-refractivity contribution < 1.29 is 19.1 Å². The Bertz CT molecular complexity index is 1160. The molecule has 2 N–H and O–H groups in total. The predicted octanol–water partition coefficient (Wildman–Crippen LogP) is 4.57. The van der Waals surface area contributed by atoms with E-state index in [1.165, 1.54) is 23.5 Å². The van der Waals surface area contributed by atoms with Crippen molar-refractivity contribution in [1.29, 1.82) is 0 Å². The molecule has 0 aliphatic heterocycles. The van der Waals surface area contributed by atoms with Crippen LogP contribution < -0.4 is 20.2 Å². The lowest BCUT2D eigenvalue weighted by Crippen LogP contribution is -2.20. The van der Waals surface area contributed by atoms with Crippen molar-refractivity contribution in [2.75, 3.05) is 24.8 Å². The summed E-state index contributed by atoms with van der Waals surface area (Å²) in [6.45, 7) is 3.90. The number of methoxy groups -OCH3 is 1. The fourth-order valence-corrected chi connectivity index (χ4v) is 3.57. The largest absolute Gasteiger partial charge is 0.497 e. The average Bonchev–Trinajstić information content (AvgIpc) is 2.84. The highest BCUT2D eigenvalue weighted by atomic mass is 32.2. The SMILES string of the molecule is COc1ccc(SCC(=O)N/N=C/c2cccc(OCC(=O)Nc3ccc(C)c(C)c3)c2)cc1. The van der Waals surface area contributed by atoms with Gasteiger partial charge in [-0.3, -0.25) is 9.59 Å². The van der Waals surface area contributed by atoms with Gasteiger partial charge in [0.05, 0.1) is 19.1 Å². The van der Waals surface area contributed by atoms with Crippen molar-refractivity contribution in [3.63, 3.8) is 0 Å². The number of hydrogen-bond acceptors (Lipinski definition) is 6. The molecule has 0 radical (unpaired) electrons. The first-order valence-corrected chi connectivity index (χ1v) is 11.6. The third-order valence-corrected chi connectivity index (χ3v) is 5.86. The van der Waals surface area contributed by atoms with Gasteiger partial charge >= 0.3 is 0 Å². The van der Waals surface area contributed by atoms with Crippen LogP contribution in [0.25, 0.3) is 0 Å². The molecule has 0 unspecified atom stereocenters. The number of anilines is 1. The number of carbonyl (C=O) groups excluding carboxylic acids is 2. The molecule has 0 spiro atoms. The molecule has 0 saturated heterocycles. The lowest BCUT2D eigenvalue weighted by molar-refractivity contribution is -0.119. The zero-order chi connectivity index (χ0) is 24.3. The minimum atomic E-state index is -0.246. The van der Waals surface area contributed by atoms with Crippen molar-refractivity contribution in [1.82, 2.24) is 5.43 Å². The standard InChI is InChI=1S/C26H27N3O4S/c1-18-7-8-21(13-19(18)2)28-25(30)16-33-23-6-4-5-20(14-23)15-27-29-26(31)17-34-24-11-9-22(32-3)10-12-24/h4-15H,16-17H2,1-3H3,(H,28,30)(H,29,31)/b27-15+. The summed E-state index contributed by atoms with van der Waals surface area (Å²) in [6, 6.07) is 20.3. The summed E-state index contributed by atoms with van der Waals surface area (Å²) in [4.78, 5) is 25.2. The second-order valence-electron chi connectivity index (χ2n) is 7.47. The van der Waals surface area contributed by atoms with Gasteiger partial charge in [0.25, 0.3) is 5.91 Å². The van der Waals surface area contributed by atoms with Crippen LogP contribution in [0.1, 0.15) is 16.7 Å². The van der Waals surface area contributed by atoms with Gasteiger partial charge in [-0.15, -0.1) is 11.8 Å². The first-order chi connectivity index (χ1) is 16.4. The predicted molar refractivity (Wildman–Crippen MR) is 136 cm³/mol. The Morgan fingerprint density at radius 3 is 2.47 bits per heavy atom. The summed E-state index contributed by atoms with van der Waals surface area (Å²) >= 11 is 1.41. The van der Waals surface area contributed by atoms with E-state index in [9.17, 15) is 9.59 Å². The molecule has 8 heteroatoms. The van der Waals surface area contributed by atoms with Crippen LogP contribution in [-0.4, -0.2) is 37.5 Å². The number of hydrogen-bond donors (Lipinski definition) is 2. The smallest absolute Gasteiger partial charge is 0.262 e. The van der Waals surface area contributed by atoms with Gasteiger partial charge in [0.1, 0.15) is 11.5 Å². The van der Waals surface area contributed by atoms with E-state index in [1.54, 1.807) is 25.3 Å². The summed E-state index contributed by atoms with van der Waals surface area (Å²) in [5, 5.41) is 6.82. The van der Waals surface area contributed by atoms with Gasteiger partial charge in [-0.1, -0.05) is 18.2 Å². The Hall–Kier alpha value is -3.78. The fraction of sp³-hybridized carbons (Fsp3) is 0.192. The summed E-state index contributed by atoms with van der Waals surface area (Å²) < 4.78 is 10.7. The fourth-order valence-electron chi connectivity index (χ4n) is 2.88. The van der Waals surface area contributed by atoms with Gasteiger partial charge in [-0.2, -0.15) is 5.10 Å². The molecule has 3 rings (SSSR count). The minimum Gasteiger partial charge on any atom is -0.497 e. The van der Waals surface area contributed by atoms with E-state index in [0.29, 0.717) is 5.75 Å². The number of nitrogens with one attached hydrogen (secondary N) is 2. The Labute approximate surface area is 203 Å². The van der Waals surface area contributed by atoms with Gasteiger partial charge in [0, 0.05) is 10.6 Å². The molecule has 0 atom stereocenters. The highest BCUT2D eigenvalue weighted by Crippen LogP contribution is 2.21. The number of thioether (sulfide) groups is 1. The van der Waals surface area contributed by atoms with E-state index in [1.807, 2.05) is 62.4 Å². The topological polar surface area (TPSA) is 89.0 Å². The molecule has 2 amide bonds. The molecule has 3 aromatic rings. The molecule has 0 aromatic heterocycles. The highest BCUT2D eigenvalue weighted by molar-refractivity contribution is 8.00. The number of nitrogens with zero attached hydrogens (tertiary/aromatic N) is 1. The molecule has 34 heavy (non-hydrogen) atoms. The summed E-state index contributed by atoms with van der Waals surface area (Å²) in [6.07, 6.45) is 1.53. The molecular formula is C26H27N3O4S. The minimum absolute atomic E-state index is 0.118. The second kappa shape index (κ2) is 12.5. The Morgan fingerprint density at radius 1 is 0.941 bits per heavy atom. The molecule has 0 aliphatic rings. The summed E-state index contributed by atoms with van der Waals surface area (Å²) in [5.74, 6) is 1.08. The van der Waals surface area contributed by atoms with Gasteiger partial charge in [0.15, 0.2) is 6.61 Å². The zero-order valence-corrected chi connectivity index (χ0v) is 20.1. The van der Waals surface area contributed by atoms with Crippen molar-refractivity contribution >= 4 is 35.5 Å². The zero-order valence-electron chi connectivity index (χ0n) is 19.3. The number of amides is 2. The average molecular weight is 478 g/mol. The first-order valence-electron chi connectivity index (χ1n) is 10.6. The van der Waals surface area contributed by atoms with Crippen molar-refractivity contribution in [3.8, 4) is 11.5 Å². The quantitative estimate of drug-likeness (QED) is 0.254. The van der Waals surface area contributed by atoms with E-state index in [2.05, 4.69) is 15.8 Å². The second-order valence-corrected chi connectivity index (χ2v) is 8.51. The van der Waals surface area contributed by atoms with Gasteiger partial charge in [-0.25, -0.2) is 5.43 Å². The molecule has 0 fully saturated rings. The Morgan fingerprint density at radius 2 is 1.74 bits per heavy atom. The summed E-state index contributed by atoms with van der Waals surface area (Å²) in [7, 11) is 1.61. The van der Waals surface area contributed by atoms with E-state index < -0.39 is 0 Å². The molecule has 176 valence electrons. The third-order valence-electron chi connectivity index (χ3n) is 4.85. The number of hydrazone groups is 1. The van der Waals surface area contributed by atoms with Crippen LogP contribution in [0.4, 0.5) is 5.69 Å². The molecular weight excluding hydrogens is 450 g/mol. The molecule has 0 heterocycles. The lowest BCUT2D eigenvalue weighted by atomic mass is 10.1. The van der Waals surface area contributed by atoms with E-state index in [0.717, 1.165) is 27.5 Å². The molecule has 0 aliphatic carbocycles. The van der Waals surface area contributed by atoms with Gasteiger partial charge in [0.2, 0.25) is 5.91 Å². The molecule has 0 bridgehead atoms. The maximum Gasteiger partial charge on any atom is 0.262 e. The van der Waals surface area contributed by atoms with Crippen LogP contribution in [0, 0.1) is 13.8 Å². The van der Waals surface area contributed by atoms with Crippen molar-refractivity contribution in [2.24, 2.45) is 5.10 Å². The maximum atomic E-state index is 12.2.